The van der Waals surface area contributed by atoms with Gasteiger partial charge in [0.05, 0.1) is 10.5 Å². The summed E-state index contributed by atoms with van der Waals surface area (Å²) in [6.45, 7) is 1.80. The van der Waals surface area contributed by atoms with Crippen LogP contribution in [0.25, 0.3) is 0 Å². The molecule has 21 heavy (non-hydrogen) atoms. The van der Waals surface area contributed by atoms with Gasteiger partial charge in [-0.15, -0.1) is 0 Å². The molecule has 0 amide bonds. The number of anilines is 2. The molecule has 7 nitrogen and oxygen atoms in total. The van der Waals surface area contributed by atoms with Crippen LogP contribution in [0.2, 0.25) is 5.02 Å². The van der Waals surface area contributed by atoms with Gasteiger partial charge in [0.15, 0.2) is 0 Å². The molecular weight excluding hydrogens is 298 g/mol. The van der Waals surface area contributed by atoms with Crippen molar-refractivity contribution in [1.82, 2.24) is 4.98 Å². The van der Waals surface area contributed by atoms with Gasteiger partial charge in [0, 0.05) is 23.0 Å². The standard InChI is InChI=1S/C13H10ClN3O4/c1-7-2-3-9(14)5-10(7)16-12-11(17(20)21)4-8(6-15-12)13(18)19/h2-6H,1H3,(H,15,16)(H,18,19). The Morgan fingerprint density at radius 1 is 1.43 bits per heavy atom. The number of aromatic nitrogens is 1. The molecule has 0 spiro atoms. The van der Waals surface area contributed by atoms with Crippen molar-refractivity contribution < 1.29 is 14.8 Å². The van der Waals surface area contributed by atoms with Crippen molar-refractivity contribution in [2.45, 2.75) is 6.92 Å². The number of nitrogens with zero attached hydrogens (tertiary/aromatic N) is 2. The van der Waals surface area contributed by atoms with E-state index >= 15 is 0 Å². The van der Waals surface area contributed by atoms with Gasteiger partial charge in [-0.25, -0.2) is 9.78 Å². The second-order valence-corrected chi connectivity index (χ2v) is 4.67. The average Bonchev–Trinajstić information content (AvgIpc) is 2.42. The largest absolute Gasteiger partial charge is 0.478 e. The number of hydrogen-bond acceptors (Lipinski definition) is 5. The maximum atomic E-state index is 11.0. The van der Waals surface area contributed by atoms with Crippen molar-refractivity contribution in [3.63, 3.8) is 0 Å². The minimum Gasteiger partial charge on any atom is -0.478 e. The summed E-state index contributed by atoms with van der Waals surface area (Å²) in [7, 11) is 0. The first-order valence-corrected chi connectivity index (χ1v) is 6.17. The third kappa shape index (κ3) is 3.26. The van der Waals surface area contributed by atoms with Gasteiger partial charge in [-0.2, -0.15) is 0 Å². The third-order valence-corrected chi connectivity index (χ3v) is 3.00. The molecule has 1 aromatic carbocycles. The number of pyridine rings is 1. The van der Waals surface area contributed by atoms with Crippen LogP contribution in [-0.2, 0) is 0 Å². The van der Waals surface area contributed by atoms with Crippen LogP contribution >= 0.6 is 11.6 Å². The Hall–Kier alpha value is -2.67. The number of aryl methyl sites for hydroxylation is 1. The molecule has 0 aliphatic heterocycles. The summed E-state index contributed by atoms with van der Waals surface area (Å²) in [4.78, 5) is 25.0. The molecule has 0 fully saturated rings. The molecule has 1 aromatic heterocycles. The first-order valence-electron chi connectivity index (χ1n) is 5.79. The summed E-state index contributed by atoms with van der Waals surface area (Å²) in [5.41, 5.74) is 0.698. The molecule has 0 bridgehead atoms. The molecule has 1 heterocycles. The van der Waals surface area contributed by atoms with Gasteiger partial charge in [0.2, 0.25) is 5.82 Å². The minimum absolute atomic E-state index is 0.0460. The molecule has 0 saturated heterocycles. The van der Waals surface area contributed by atoms with Crippen LogP contribution in [0.4, 0.5) is 17.2 Å². The van der Waals surface area contributed by atoms with E-state index in [1.165, 1.54) is 0 Å². The van der Waals surface area contributed by atoms with E-state index in [9.17, 15) is 14.9 Å². The summed E-state index contributed by atoms with van der Waals surface area (Å²) in [6.07, 6.45) is 1.05. The van der Waals surface area contributed by atoms with Gasteiger partial charge < -0.3 is 10.4 Å². The predicted octanol–water partition coefficient (Wildman–Crippen LogP) is 3.39. The highest BCUT2D eigenvalue weighted by Crippen LogP contribution is 2.29. The highest BCUT2D eigenvalue weighted by Gasteiger charge is 2.19. The molecule has 0 unspecified atom stereocenters. The summed E-state index contributed by atoms with van der Waals surface area (Å²) in [5, 5.41) is 23.2. The first kappa shape index (κ1) is 14.7. The lowest BCUT2D eigenvalue weighted by Gasteiger charge is -2.09. The SMILES string of the molecule is Cc1ccc(Cl)cc1Nc1ncc(C(=O)O)cc1[N+](=O)[O-]. The molecule has 2 aromatic rings. The Balaban J connectivity index is 2.46. The van der Waals surface area contributed by atoms with E-state index in [1.54, 1.807) is 25.1 Å². The molecule has 0 aliphatic carbocycles. The number of nitro groups is 1. The molecular formula is C13H10ClN3O4. The lowest BCUT2D eigenvalue weighted by atomic mass is 10.2. The molecule has 0 aliphatic rings. The van der Waals surface area contributed by atoms with Crippen LogP contribution in [-0.4, -0.2) is 21.0 Å². The number of halogens is 1. The second kappa shape index (κ2) is 5.76. The van der Waals surface area contributed by atoms with Crippen LogP contribution < -0.4 is 5.32 Å². The number of rotatable bonds is 4. The Bertz CT molecular complexity index is 733. The van der Waals surface area contributed by atoms with Crippen molar-refractivity contribution in [2.75, 3.05) is 5.32 Å². The number of carboxylic acids is 1. The quantitative estimate of drug-likeness (QED) is 0.662. The van der Waals surface area contributed by atoms with E-state index in [4.69, 9.17) is 16.7 Å². The van der Waals surface area contributed by atoms with Crippen LogP contribution in [0.3, 0.4) is 0 Å². The zero-order valence-corrected chi connectivity index (χ0v) is 11.6. The number of nitrogens with one attached hydrogen (secondary N) is 1. The van der Waals surface area contributed by atoms with Crippen molar-refractivity contribution in [1.29, 1.82) is 0 Å². The average molecular weight is 308 g/mol. The Morgan fingerprint density at radius 3 is 2.76 bits per heavy atom. The summed E-state index contributed by atoms with van der Waals surface area (Å²) in [6, 6.07) is 6.00. The zero-order valence-electron chi connectivity index (χ0n) is 10.8. The fraction of sp³-hybridized carbons (Fsp3) is 0.0769. The van der Waals surface area contributed by atoms with Crippen LogP contribution in [0.15, 0.2) is 30.5 Å². The minimum atomic E-state index is -1.28. The summed E-state index contributed by atoms with van der Waals surface area (Å²) < 4.78 is 0. The highest BCUT2D eigenvalue weighted by molar-refractivity contribution is 6.30. The molecule has 8 heteroatoms. The van der Waals surface area contributed by atoms with Gasteiger partial charge >= 0.3 is 11.7 Å². The topological polar surface area (TPSA) is 105 Å². The van der Waals surface area contributed by atoms with E-state index in [1.807, 2.05) is 0 Å². The third-order valence-electron chi connectivity index (χ3n) is 2.76. The highest BCUT2D eigenvalue weighted by atomic mass is 35.5. The number of carboxylic acid groups (broad SMARTS) is 1. The predicted molar refractivity (Wildman–Crippen MR) is 77.3 cm³/mol. The number of benzene rings is 1. The van der Waals surface area contributed by atoms with Crippen molar-refractivity contribution in [3.8, 4) is 0 Å². The van der Waals surface area contributed by atoms with Crippen molar-refractivity contribution in [2.24, 2.45) is 0 Å². The molecule has 108 valence electrons. The lowest BCUT2D eigenvalue weighted by Crippen LogP contribution is -2.04. The van der Waals surface area contributed by atoms with E-state index in [-0.39, 0.29) is 11.4 Å². The van der Waals surface area contributed by atoms with Crippen LogP contribution in [0.5, 0.6) is 0 Å². The Morgan fingerprint density at radius 2 is 2.14 bits per heavy atom. The van der Waals surface area contributed by atoms with Crippen LogP contribution in [0, 0.1) is 17.0 Å². The normalized spacial score (nSPS) is 10.2. The summed E-state index contributed by atoms with van der Waals surface area (Å²) >= 11 is 5.88. The van der Waals surface area contributed by atoms with Crippen molar-refractivity contribution >= 4 is 34.8 Å². The molecule has 2 rings (SSSR count). The fourth-order valence-corrected chi connectivity index (χ4v) is 1.83. The van der Waals surface area contributed by atoms with Gasteiger partial charge in [-0.3, -0.25) is 10.1 Å². The maximum Gasteiger partial charge on any atom is 0.337 e. The number of hydrogen-bond donors (Lipinski definition) is 2. The Kier molecular flexibility index (Phi) is 4.04. The Labute approximate surface area is 124 Å². The van der Waals surface area contributed by atoms with Gasteiger partial charge in [-0.1, -0.05) is 17.7 Å². The van der Waals surface area contributed by atoms with E-state index in [0.29, 0.717) is 10.7 Å². The smallest absolute Gasteiger partial charge is 0.337 e. The van der Waals surface area contributed by atoms with Crippen LogP contribution in [0.1, 0.15) is 15.9 Å². The maximum absolute atomic E-state index is 11.0. The van der Waals surface area contributed by atoms with Crippen molar-refractivity contribution in [3.05, 3.63) is 56.7 Å². The first-order chi connectivity index (χ1) is 9.88. The van der Waals surface area contributed by atoms with Gasteiger partial charge in [0.25, 0.3) is 0 Å². The number of carbonyl (C=O) groups is 1. The molecule has 0 saturated carbocycles. The van der Waals surface area contributed by atoms with E-state index < -0.39 is 16.6 Å². The zero-order chi connectivity index (χ0) is 15.6. The fourth-order valence-electron chi connectivity index (χ4n) is 1.66. The number of aromatic carboxylic acids is 1. The second-order valence-electron chi connectivity index (χ2n) is 4.24. The molecule has 0 atom stereocenters. The molecule has 0 radical (unpaired) electrons. The monoisotopic (exact) mass is 307 g/mol. The van der Waals surface area contributed by atoms with E-state index in [0.717, 1.165) is 17.8 Å². The van der Waals surface area contributed by atoms with Gasteiger partial charge in [0.1, 0.15) is 0 Å². The lowest BCUT2D eigenvalue weighted by molar-refractivity contribution is -0.384. The van der Waals surface area contributed by atoms with Gasteiger partial charge in [-0.05, 0) is 24.6 Å². The summed E-state index contributed by atoms with van der Waals surface area (Å²) in [5.74, 6) is -1.33. The molecule has 2 N–H and O–H groups in total. The van der Waals surface area contributed by atoms with E-state index in [2.05, 4.69) is 10.3 Å².